The Labute approximate surface area is 144 Å². The second kappa shape index (κ2) is 7.49. The molecule has 3 rings (SSSR count). The SMILES string of the molecule is O=C(CC1CCN(c2ccc(OC(F)(F)F)cn2)CC1)N1CCCC1. The van der Waals surface area contributed by atoms with Gasteiger partial charge in [-0.3, -0.25) is 4.79 Å². The van der Waals surface area contributed by atoms with E-state index in [0.717, 1.165) is 58.1 Å². The molecule has 2 aliphatic rings. The molecule has 0 saturated carbocycles. The van der Waals surface area contributed by atoms with Gasteiger partial charge in [0.2, 0.25) is 5.91 Å². The number of amides is 1. The number of carbonyl (C=O) groups is 1. The summed E-state index contributed by atoms with van der Waals surface area (Å²) in [5.74, 6) is 0.945. The molecule has 138 valence electrons. The predicted octanol–water partition coefficient (Wildman–Crippen LogP) is 3.21. The van der Waals surface area contributed by atoms with Crippen LogP contribution in [0.2, 0.25) is 0 Å². The van der Waals surface area contributed by atoms with Gasteiger partial charge in [0.15, 0.2) is 0 Å². The summed E-state index contributed by atoms with van der Waals surface area (Å²) < 4.78 is 40.3. The molecule has 0 bridgehead atoms. The minimum Gasteiger partial charge on any atom is -0.404 e. The molecule has 8 heteroatoms. The average molecular weight is 357 g/mol. The third-order valence-electron chi connectivity index (χ3n) is 4.81. The van der Waals surface area contributed by atoms with Crippen LogP contribution in [0.3, 0.4) is 0 Å². The Morgan fingerprint density at radius 1 is 1.16 bits per heavy atom. The van der Waals surface area contributed by atoms with E-state index in [4.69, 9.17) is 0 Å². The number of piperidine rings is 1. The number of likely N-dealkylation sites (tertiary alicyclic amines) is 1. The minimum absolute atomic E-state index is 0.253. The fourth-order valence-corrected chi connectivity index (χ4v) is 3.46. The van der Waals surface area contributed by atoms with Crippen LogP contribution in [-0.4, -0.2) is 48.3 Å². The van der Waals surface area contributed by atoms with Crippen molar-refractivity contribution in [1.82, 2.24) is 9.88 Å². The van der Waals surface area contributed by atoms with Crippen molar-refractivity contribution >= 4 is 11.7 Å². The summed E-state index contributed by atoms with van der Waals surface area (Å²) in [5, 5.41) is 0. The van der Waals surface area contributed by atoms with Gasteiger partial charge in [0.1, 0.15) is 11.6 Å². The summed E-state index contributed by atoms with van der Waals surface area (Å²) in [4.78, 5) is 20.3. The van der Waals surface area contributed by atoms with Gasteiger partial charge in [-0.2, -0.15) is 0 Å². The highest BCUT2D eigenvalue weighted by Crippen LogP contribution is 2.27. The van der Waals surface area contributed by atoms with Gasteiger partial charge < -0.3 is 14.5 Å². The number of pyridine rings is 1. The van der Waals surface area contributed by atoms with Gasteiger partial charge in [0, 0.05) is 32.6 Å². The van der Waals surface area contributed by atoms with Crippen LogP contribution in [0.15, 0.2) is 18.3 Å². The lowest BCUT2D eigenvalue weighted by molar-refractivity contribution is -0.274. The fraction of sp³-hybridized carbons (Fsp3) is 0.647. The first-order valence-corrected chi connectivity index (χ1v) is 8.65. The molecule has 5 nitrogen and oxygen atoms in total. The van der Waals surface area contributed by atoms with E-state index in [1.54, 1.807) is 0 Å². The summed E-state index contributed by atoms with van der Waals surface area (Å²) in [5.41, 5.74) is 0. The zero-order chi connectivity index (χ0) is 17.9. The molecule has 0 unspecified atom stereocenters. The summed E-state index contributed by atoms with van der Waals surface area (Å²) >= 11 is 0. The molecule has 2 saturated heterocycles. The largest absolute Gasteiger partial charge is 0.573 e. The van der Waals surface area contributed by atoms with E-state index in [1.807, 2.05) is 9.80 Å². The van der Waals surface area contributed by atoms with E-state index in [-0.39, 0.29) is 11.7 Å². The van der Waals surface area contributed by atoms with Gasteiger partial charge in [-0.25, -0.2) is 4.98 Å². The third kappa shape index (κ3) is 4.99. The van der Waals surface area contributed by atoms with Crippen LogP contribution >= 0.6 is 0 Å². The lowest BCUT2D eigenvalue weighted by Gasteiger charge is -2.33. The monoisotopic (exact) mass is 357 g/mol. The zero-order valence-electron chi connectivity index (χ0n) is 14.0. The number of rotatable bonds is 4. The number of anilines is 1. The first-order chi connectivity index (χ1) is 11.9. The van der Waals surface area contributed by atoms with Crippen LogP contribution in [0.1, 0.15) is 32.1 Å². The number of nitrogens with zero attached hydrogens (tertiary/aromatic N) is 3. The average Bonchev–Trinajstić information content (AvgIpc) is 3.09. The van der Waals surface area contributed by atoms with E-state index < -0.39 is 6.36 Å². The van der Waals surface area contributed by atoms with Gasteiger partial charge in [-0.05, 0) is 43.7 Å². The predicted molar refractivity (Wildman–Crippen MR) is 86.3 cm³/mol. The van der Waals surface area contributed by atoms with Crippen LogP contribution in [0.25, 0.3) is 0 Å². The number of hydrogen-bond acceptors (Lipinski definition) is 4. The van der Waals surface area contributed by atoms with E-state index in [1.165, 1.54) is 12.1 Å². The Morgan fingerprint density at radius 2 is 1.84 bits per heavy atom. The maximum absolute atomic E-state index is 12.2. The third-order valence-corrected chi connectivity index (χ3v) is 4.81. The Kier molecular flexibility index (Phi) is 5.34. The van der Waals surface area contributed by atoms with Crippen LogP contribution in [0.4, 0.5) is 19.0 Å². The van der Waals surface area contributed by atoms with Crippen molar-refractivity contribution < 1.29 is 22.7 Å². The highest BCUT2D eigenvalue weighted by Gasteiger charge is 2.31. The zero-order valence-corrected chi connectivity index (χ0v) is 14.0. The van der Waals surface area contributed by atoms with E-state index in [9.17, 15) is 18.0 Å². The van der Waals surface area contributed by atoms with Crippen molar-refractivity contribution in [3.8, 4) is 5.75 Å². The van der Waals surface area contributed by atoms with Crippen molar-refractivity contribution in [3.63, 3.8) is 0 Å². The molecule has 0 N–H and O–H groups in total. The summed E-state index contributed by atoms with van der Waals surface area (Å²) in [7, 11) is 0. The van der Waals surface area contributed by atoms with Crippen LogP contribution in [0, 0.1) is 5.92 Å². The quantitative estimate of drug-likeness (QED) is 0.830. The summed E-state index contributed by atoms with van der Waals surface area (Å²) in [6.07, 6.45) is 0.965. The van der Waals surface area contributed by atoms with Crippen molar-refractivity contribution in [1.29, 1.82) is 0 Å². The van der Waals surface area contributed by atoms with Crippen molar-refractivity contribution in [2.24, 2.45) is 5.92 Å². The van der Waals surface area contributed by atoms with Crippen LogP contribution in [0.5, 0.6) is 5.75 Å². The number of carbonyl (C=O) groups excluding carboxylic acids is 1. The number of halogens is 3. The normalized spacial score (nSPS) is 19.3. The van der Waals surface area contributed by atoms with Crippen molar-refractivity contribution in [2.45, 2.75) is 38.5 Å². The lowest BCUT2D eigenvalue weighted by Crippen LogP contribution is -2.37. The molecule has 0 radical (unpaired) electrons. The van der Waals surface area contributed by atoms with Crippen molar-refractivity contribution in [2.75, 3.05) is 31.1 Å². The Balaban J connectivity index is 1.47. The smallest absolute Gasteiger partial charge is 0.404 e. The van der Waals surface area contributed by atoms with E-state index >= 15 is 0 Å². The lowest BCUT2D eigenvalue weighted by atomic mass is 9.93. The molecule has 0 atom stereocenters. The standard InChI is InChI=1S/C17H22F3N3O2/c18-17(19,20)25-14-3-4-15(21-12-14)22-9-5-13(6-10-22)11-16(24)23-7-1-2-8-23/h3-4,12-13H,1-2,5-11H2. The van der Waals surface area contributed by atoms with E-state index in [0.29, 0.717) is 18.2 Å². The highest BCUT2D eigenvalue weighted by molar-refractivity contribution is 5.76. The molecule has 0 aromatic carbocycles. The molecular formula is C17H22F3N3O2. The fourth-order valence-electron chi connectivity index (χ4n) is 3.46. The Morgan fingerprint density at radius 3 is 2.40 bits per heavy atom. The number of hydrogen-bond donors (Lipinski definition) is 0. The van der Waals surface area contributed by atoms with Gasteiger partial charge in [-0.1, -0.05) is 0 Å². The summed E-state index contributed by atoms with van der Waals surface area (Å²) in [6, 6.07) is 2.82. The molecular weight excluding hydrogens is 335 g/mol. The molecule has 25 heavy (non-hydrogen) atoms. The minimum atomic E-state index is -4.70. The summed E-state index contributed by atoms with van der Waals surface area (Å²) in [6.45, 7) is 3.27. The van der Waals surface area contributed by atoms with Crippen LogP contribution < -0.4 is 9.64 Å². The first-order valence-electron chi connectivity index (χ1n) is 8.65. The van der Waals surface area contributed by atoms with Gasteiger partial charge in [0.05, 0.1) is 6.20 Å². The first kappa shape index (κ1) is 17.8. The topological polar surface area (TPSA) is 45.7 Å². The molecule has 0 spiro atoms. The molecule has 1 amide bonds. The maximum Gasteiger partial charge on any atom is 0.573 e. The van der Waals surface area contributed by atoms with E-state index in [2.05, 4.69) is 9.72 Å². The molecule has 3 heterocycles. The second-order valence-electron chi connectivity index (χ2n) is 6.62. The molecule has 0 aliphatic carbocycles. The number of ether oxygens (including phenoxy) is 1. The highest BCUT2D eigenvalue weighted by atomic mass is 19.4. The molecule has 2 aliphatic heterocycles. The Bertz CT molecular complexity index is 578. The van der Waals surface area contributed by atoms with Gasteiger partial charge in [0.25, 0.3) is 0 Å². The molecule has 1 aromatic heterocycles. The molecule has 1 aromatic rings. The number of alkyl halides is 3. The second-order valence-corrected chi connectivity index (χ2v) is 6.62. The maximum atomic E-state index is 12.2. The van der Waals surface area contributed by atoms with Gasteiger partial charge >= 0.3 is 6.36 Å². The van der Waals surface area contributed by atoms with Crippen molar-refractivity contribution in [3.05, 3.63) is 18.3 Å². The Hall–Kier alpha value is -1.99. The number of aromatic nitrogens is 1. The van der Waals surface area contributed by atoms with Gasteiger partial charge in [-0.15, -0.1) is 13.2 Å². The van der Waals surface area contributed by atoms with Crippen LogP contribution in [-0.2, 0) is 4.79 Å². The molecule has 2 fully saturated rings.